The first-order valence-corrected chi connectivity index (χ1v) is 12.1. The van der Waals surface area contributed by atoms with Gasteiger partial charge in [-0.3, -0.25) is 9.78 Å². The molecule has 0 saturated carbocycles. The van der Waals surface area contributed by atoms with Crippen molar-refractivity contribution in [2.75, 3.05) is 0 Å². The molecule has 0 atom stereocenters. The average Bonchev–Trinajstić information content (AvgIpc) is 3.21. The number of pyridine rings is 1. The van der Waals surface area contributed by atoms with Crippen LogP contribution in [0.4, 0.5) is 13.2 Å². The van der Waals surface area contributed by atoms with E-state index in [9.17, 15) is 26.4 Å². The maximum absolute atomic E-state index is 13.4. The van der Waals surface area contributed by atoms with E-state index in [4.69, 9.17) is 11.6 Å². The lowest BCUT2D eigenvalue weighted by molar-refractivity contribution is -0.139. The molecule has 2 heterocycles. The molecule has 0 radical (unpaired) electrons. The van der Waals surface area contributed by atoms with Gasteiger partial charge in [-0.05, 0) is 53.4 Å². The lowest BCUT2D eigenvalue weighted by atomic mass is 10.2. The molecule has 0 fully saturated rings. The van der Waals surface area contributed by atoms with E-state index in [1.165, 1.54) is 35.6 Å². The van der Waals surface area contributed by atoms with Crippen molar-refractivity contribution in [3.63, 3.8) is 0 Å². The molecular weight excluding hydrogens is 497 g/mol. The first-order chi connectivity index (χ1) is 15.6. The summed E-state index contributed by atoms with van der Waals surface area (Å²) in [7, 11) is -4.45. The summed E-state index contributed by atoms with van der Waals surface area (Å²) in [4.78, 5) is 15.8. The van der Waals surface area contributed by atoms with E-state index in [-0.39, 0.29) is 22.4 Å². The number of carbonyl (C=O) groups is 1. The van der Waals surface area contributed by atoms with Crippen LogP contribution in [0.3, 0.4) is 0 Å². The molecule has 0 aliphatic heterocycles. The third-order valence-electron chi connectivity index (χ3n) is 4.77. The fourth-order valence-corrected chi connectivity index (χ4v) is 5.72. The Hall–Kier alpha value is -2.95. The Labute approximate surface area is 195 Å². The summed E-state index contributed by atoms with van der Waals surface area (Å²) in [5.74, 6) is -0.302. The Kier molecular flexibility index (Phi) is 6.17. The minimum atomic E-state index is -4.89. The predicted molar refractivity (Wildman–Crippen MR) is 119 cm³/mol. The number of carbonyl (C=O) groups excluding carboxylic acids is 1. The Morgan fingerprint density at radius 1 is 1.06 bits per heavy atom. The Balaban J connectivity index is 1.52. The summed E-state index contributed by atoms with van der Waals surface area (Å²) in [6.07, 6.45) is -1.59. The van der Waals surface area contributed by atoms with E-state index in [1.54, 1.807) is 24.5 Å². The van der Waals surface area contributed by atoms with Gasteiger partial charge in [0.15, 0.2) is 0 Å². The van der Waals surface area contributed by atoms with Gasteiger partial charge in [0.25, 0.3) is 5.91 Å². The van der Waals surface area contributed by atoms with E-state index in [2.05, 4.69) is 10.3 Å². The lowest BCUT2D eigenvalue weighted by Gasteiger charge is -2.14. The molecule has 4 rings (SSSR count). The van der Waals surface area contributed by atoms with Crippen LogP contribution < -0.4 is 5.32 Å². The first-order valence-electron chi connectivity index (χ1n) is 9.38. The van der Waals surface area contributed by atoms with Crippen LogP contribution in [-0.4, -0.2) is 19.3 Å². The largest absolute Gasteiger partial charge is 0.417 e. The maximum Gasteiger partial charge on any atom is 0.417 e. The molecule has 0 unspecified atom stereocenters. The van der Waals surface area contributed by atoms with Crippen molar-refractivity contribution in [3.05, 3.63) is 88.0 Å². The minimum absolute atomic E-state index is 0.112. The number of rotatable bonds is 5. The van der Waals surface area contributed by atoms with Crippen LogP contribution in [0.15, 0.2) is 76.8 Å². The number of benzene rings is 2. The summed E-state index contributed by atoms with van der Waals surface area (Å²) in [5, 5.41) is 3.42. The summed E-state index contributed by atoms with van der Waals surface area (Å²) >= 11 is 6.93. The number of hydrogen-bond donors (Lipinski definition) is 1. The van der Waals surface area contributed by atoms with Crippen molar-refractivity contribution < 1.29 is 26.4 Å². The van der Waals surface area contributed by atoms with E-state index >= 15 is 0 Å². The van der Waals surface area contributed by atoms with Crippen LogP contribution in [-0.2, 0) is 22.6 Å². The molecule has 11 heteroatoms. The molecule has 0 spiro atoms. The summed E-state index contributed by atoms with van der Waals surface area (Å²) in [6.45, 7) is 0.112. The molecule has 0 aliphatic carbocycles. The quantitative estimate of drug-likeness (QED) is 0.372. The van der Waals surface area contributed by atoms with Crippen molar-refractivity contribution in [2.45, 2.75) is 22.5 Å². The third-order valence-corrected chi connectivity index (χ3v) is 7.92. The standard InChI is InChI=1S/C22H14ClF3N2O3S2/c23-15-3-6-20(17(10-15)22(24,25)26)33(30,31)16-4-1-13(2-5-16)11-28-21(29)18-9-14-7-8-27-12-19(14)32-18/h1-10,12H,11H2,(H,28,29). The Morgan fingerprint density at radius 2 is 1.79 bits per heavy atom. The normalized spacial score (nSPS) is 12.1. The molecule has 33 heavy (non-hydrogen) atoms. The molecule has 0 bridgehead atoms. The number of aromatic nitrogens is 1. The lowest BCUT2D eigenvalue weighted by Crippen LogP contribution is -2.21. The second-order valence-electron chi connectivity index (χ2n) is 6.99. The Bertz CT molecular complexity index is 1420. The number of sulfone groups is 1. The van der Waals surface area contributed by atoms with E-state index in [0.717, 1.165) is 22.2 Å². The molecule has 2 aromatic carbocycles. The van der Waals surface area contributed by atoms with Gasteiger partial charge >= 0.3 is 6.18 Å². The summed E-state index contributed by atoms with van der Waals surface area (Å²) in [6, 6.07) is 11.3. The second-order valence-corrected chi connectivity index (χ2v) is 10.4. The van der Waals surface area contributed by atoms with Gasteiger partial charge in [0, 0.05) is 24.0 Å². The van der Waals surface area contributed by atoms with Crippen LogP contribution >= 0.6 is 22.9 Å². The highest BCUT2D eigenvalue weighted by molar-refractivity contribution is 7.91. The van der Waals surface area contributed by atoms with Gasteiger partial charge in [0.05, 0.1) is 24.9 Å². The van der Waals surface area contributed by atoms with Crippen molar-refractivity contribution in [1.29, 1.82) is 0 Å². The van der Waals surface area contributed by atoms with Crippen molar-refractivity contribution in [1.82, 2.24) is 10.3 Å². The molecule has 4 aromatic rings. The number of amides is 1. The number of hydrogen-bond acceptors (Lipinski definition) is 5. The van der Waals surface area contributed by atoms with Crippen molar-refractivity contribution in [2.24, 2.45) is 0 Å². The van der Waals surface area contributed by atoms with Gasteiger partial charge in [0.1, 0.15) is 0 Å². The zero-order valence-corrected chi connectivity index (χ0v) is 18.9. The highest BCUT2D eigenvalue weighted by Crippen LogP contribution is 2.38. The van der Waals surface area contributed by atoms with Crippen LogP contribution in [0.5, 0.6) is 0 Å². The van der Waals surface area contributed by atoms with Gasteiger partial charge in [-0.1, -0.05) is 23.7 Å². The smallest absolute Gasteiger partial charge is 0.347 e. The van der Waals surface area contributed by atoms with Crippen LogP contribution in [0, 0.1) is 0 Å². The van der Waals surface area contributed by atoms with Gasteiger partial charge in [0.2, 0.25) is 9.84 Å². The summed E-state index contributed by atoms with van der Waals surface area (Å²) < 4.78 is 66.6. The molecular formula is C22H14ClF3N2O3S2. The number of nitrogens with zero attached hydrogens (tertiary/aromatic N) is 1. The summed E-state index contributed by atoms with van der Waals surface area (Å²) in [5.41, 5.74) is -0.748. The number of alkyl halides is 3. The monoisotopic (exact) mass is 510 g/mol. The number of nitrogens with one attached hydrogen (secondary N) is 1. The first kappa shape index (κ1) is 23.2. The van der Waals surface area contributed by atoms with Crippen molar-refractivity contribution >= 4 is 48.8 Å². The van der Waals surface area contributed by atoms with Crippen LogP contribution in [0.25, 0.3) is 10.1 Å². The molecule has 0 saturated heterocycles. The second kappa shape index (κ2) is 8.77. The average molecular weight is 511 g/mol. The minimum Gasteiger partial charge on any atom is -0.347 e. The molecule has 1 amide bonds. The van der Waals surface area contributed by atoms with Gasteiger partial charge < -0.3 is 5.32 Å². The van der Waals surface area contributed by atoms with Gasteiger partial charge in [-0.15, -0.1) is 11.3 Å². The SMILES string of the molecule is O=C(NCc1ccc(S(=O)(=O)c2ccc(Cl)cc2C(F)(F)F)cc1)c1cc2ccncc2s1. The fourth-order valence-electron chi connectivity index (χ4n) is 3.14. The molecule has 1 N–H and O–H groups in total. The Morgan fingerprint density at radius 3 is 2.45 bits per heavy atom. The molecule has 2 aromatic heterocycles. The van der Waals surface area contributed by atoms with E-state index in [0.29, 0.717) is 16.5 Å². The van der Waals surface area contributed by atoms with Gasteiger partial charge in [-0.25, -0.2) is 8.42 Å². The number of fused-ring (bicyclic) bond motifs is 1. The molecule has 0 aliphatic rings. The zero-order chi connectivity index (χ0) is 23.8. The van der Waals surface area contributed by atoms with Crippen LogP contribution in [0.2, 0.25) is 5.02 Å². The zero-order valence-electron chi connectivity index (χ0n) is 16.6. The van der Waals surface area contributed by atoms with E-state index in [1.807, 2.05) is 0 Å². The molecule has 5 nitrogen and oxygen atoms in total. The van der Waals surface area contributed by atoms with Crippen LogP contribution in [0.1, 0.15) is 20.8 Å². The van der Waals surface area contributed by atoms with Crippen molar-refractivity contribution in [3.8, 4) is 0 Å². The highest BCUT2D eigenvalue weighted by Gasteiger charge is 2.37. The highest BCUT2D eigenvalue weighted by atomic mass is 35.5. The third kappa shape index (κ3) is 4.87. The topological polar surface area (TPSA) is 76.1 Å². The fraction of sp³-hybridized carbons (Fsp3) is 0.0909. The number of thiophene rings is 1. The predicted octanol–water partition coefficient (Wildman–Crippen LogP) is 5.73. The molecule has 170 valence electrons. The number of halogens is 4. The maximum atomic E-state index is 13.4. The van der Waals surface area contributed by atoms with Gasteiger partial charge in [-0.2, -0.15) is 13.2 Å². The van der Waals surface area contributed by atoms with E-state index < -0.39 is 26.5 Å².